The lowest BCUT2D eigenvalue weighted by atomic mass is 9.78. The number of carbonyl (C=O) groups is 1. The summed E-state index contributed by atoms with van der Waals surface area (Å²) in [6, 6.07) is 7.43. The van der Waals surface area contributed by atoms with Gasteiger partial charge in [0.25, 0.3) is 0 Å². The number of methoxy groups -OCH3 is 1. The number of amides is 1. The van der Waals surface area contributed by atoms with E-state index >= 15 is 0 Å². The first kappa shape index (κ1) is 18.3. The molecule has 2 N–H and O–H groups in total. The smallest absolute Gasteiger partial charge is 0.233 e. The molecule has 130 valence electrons. The molecule has 0 atom stereocenters. The molecule has 0 spiro atoms. The van der Waals surface area contributed by atoms with Crippen LogP contribution in [0.25, 0.3) is 5.69 Å². The standard InChI is InChI=1S/C15H20N6O2.ClH/c1-23-10-15(5-7-16-8-6-15)14(22)18-12-3-2-4-13(9-12)21-11-17-19-20-21;/h2-4,9,11,16H,5-8,10H2,1H3,(H,18,22);1H. The number of rotatable bonds is 5. The normalized spacial score (nSPS) is 16.2. The highest BCUT2D eigenvalue weighted by atomic mass is 35.5. The summed E-state index contributed by atoms with van der Waals surface area (Å²) in [5.41, 5.74) is 1.03. The Bertz CT molecular complexity index is 652. The van der Waals surface area contributed by atoms with Gasteiger partial charge in [0.05, 0.1) is 17.7 Å². The molecule has 3 rings (SSSR count). The molecule has 0 unspecified atom stereocenters. The monoisotopic (exact) mass is 352 g/mol. The third-order valence-corrected chi connectivity index (χ3v) is 4.18. The SMILES string of the molecule is COCC1(C(=O)Nc2cccc(-n3cnnn3)c2)CCNCC1.Cl. The first-order chi connectivity index (χ1) is 11.2. The number of hydrogen-bond donors (Lipinski definition) is 2. The molecular formula is C15H21ClN6O2. The molecule has 1 aliphatic rings. The predicted octanol–water partition coefficient (Wildman–Crippen LogP) is 1.04. The molecule has 1 saturated heterocycles. The molecule has 24 heavy (non-hydrogen) atoms. The van der Waals surface area contributed by atoms with Gasteiger partial charge >= 0.3 is 0 Å². The van der Waals surface area contributed by atoms with Gasteiger partial charge in [-0.3, -0.25) is 4.79 Å². The van der Waals surface area contributed by atoms with Crippen LogP contribution in [-0.4, -0.2) is 52.9 Å². The fraction of sp³-hybridized carbons (Fsp3) is 0.467. The molecule has 1 fully saturated rings. The fourth-order valence-corrected chi connectivity index (χ4v) is 2.89. The highest BCUT2D eigenvalue weighted by Crippen LogP contribution is 2.31. The molecule has 1 aliphatic heterocycles. The van der Waals surface area contributed by atoms with Crippen molar-refractivity contribution in [3.05, 3.63) is 30.6 Å². The van der Waals surface area contributed by atoms with E-state index in [1.165, 1.54) is 6.33 Å². The van der Waals surface area contributed by atoms with Crippen molar-refractivity contribution in [1.82, 2.24) is 25.5 Å². The topological polar surface area (TPSA) is 94.0 Å². The van der Waals surface area contributed by atoms with Crippen molar-refractivity contribution >= 4 is 24.0 Å². The molecule has 1 aromatic carbocycles. The molecule has 0 radical (unpaired) electrons. The van der Waals surface area contributed by atoms with Gasteiger partial charge in [0, 0.05) is 12.8 Å². The van der Waals surface area contributed by atoms with E-state index in [-0.39, 0.29) is 18.3 Å². The van der Waals surface area contributed by atoms with Gasteiger partial charge in [0.15, 0.2) is 0 Å². The maximum Gasteiger partial charge on any atom is 0.233 e. The Morgan fingerprint density at radius 1 is 1.42 bits per heavy atom. The Labute approximate surface area is 146 Å². The van der Waals surface area contributed by atoms with Crippen LogP contribution in [-0.2, 0) is 9.53 Å². The van der Waals surface area contributed by atoms with Crippen LogP contribution in [0.4, 0.5) is 5.69 Å². The van der Waals surface area contributed by atoms with Crippen molar-refractivity contribution in [2.75, 3.05) is 32.1 Å². The van der Waals surface area contributed by atoms with Gasteiger partial charge in [-0.05, 0) is 54.6 Å². The molecule has 0 aliphatic carbocycles. The zero-order valence-electron chi connectivity index (χ0n) is 13.4. The lowest BCUT2D eigenvalue weighted by molar-refractivity contribution is -0.130. The van der Waals surface area contributed by atoms with E-state index in [2.05, 4.69) is 26.2 Å². The molecular weight excluding hydrogens is 332 g/mol. The molecule has 0 bridgehead atoms. The number of anilines is 1. The number of nitrogens with zero attached hydrogens (tertiary/aromatic N) is 4. The molecule has 2 heterocycles. The van der Waals surface area contributed by atoms with Gasteiger partial charge in [-0.1, -0.05) is 6.07 Å². The van der Waals surface area contributed by atoms with Crippen LogP contribution in [0.2, 0.25) is 0 Å². The van der Waals surface area contributed by atoms with Gasteiger partial charge in [-0.15, -0.1) is 17.5 Å². The van der Waals surface area contributed by atoms with E-state index < -0.39 is 5.41 Å². The van der Waals surface area contributed by atoms with Gasteiger partial charge in [0.1, 0.15) is 6.33 Å². The average molecular weight is 353 g/mol. The zero-order chi connectivity index (χ0) is 16.1. The fourth-order valence-electron chi connectivity index (χ4n) is 2.89. The van der Waals surface area contributed by atoms with E-state index in [9.17, 15) is 4.79 Å². The third kappa shape index (κ3) is 3.89. The van der Waals surface area contributed by atoms with E-state index in [1.807, 2.05) is 24.3 Å². The minimum Gasteiger partial charge on any atom is -0.384 e. The summed E-state index contributed by atoms with van der Waals surface area (Å²) in [4.78, 5) is 12.8. The zero-order valence-corrected chi connectivity index (χ0v) is 14.3. The number of aromatic nitrogens is 4. The maximum absolute atomic E-state index is 12.8. The van der Waals surface area contributed by atoms with Crippen LogP contribution < -0.4 is 10.6 Å². The van der Waals surface area contributed by atoms with E-state index in [1.54, 1.807) is 11.8 Å². The number of halogens is 1. The Kier molecular flexibility index (Phi) is 6.24. The molecule has 8 nitrogen and oxygen atoms in total. The average Bonchev–Trinajstić information content (AvgIpc) is 3.11. The maximum atomic E-state index is 12.8. The molecule has 9 heteroatoms. The Balaban J connectivity index is 0.00000208. The van der Waals surface area contributed by atoms with E-state index in [0.29, 0.717) is 6.61 Å². The number of carbonyl (C=O) groups excluding carboxylic acids is 1. The minimum atomic E-state index is -0.481. The quantitative estimate of drug-likeness (QED) is 0.835. The minimum absolute atomic E-state index is 0. The van der Waals surface area contributed by atoms with Crippen LogP contribution in [0, 0.1) is 5.41 Å². The van der Waals surface area contributed by atoms with Crippen molar-refractivity contribution in [2.24, 2.45) is 5.41 Å². The highest BCUT2D eigenvalue weighted by Gasteiger charge is 2.39. The Morgan fingerprint density at radius 2 is 2.21 bits per heavy atom. The largest absolute Gasteiger partial charge is 0.384 e. The molecule has 1 amide bonds. The highest BCUT2D eigenvalue weighted by molar-refractivity contribution is 5.95. The summed E-state index contributed by atoms with van der Waals surface area (Å²) >= 11 is 0. The van der Waals surface area contributed by atoms with Gasteiger partial charge in [-0.2, -0.15) is 0 Å². The third-order valence-electron chi connectivity index (χ3n) is 4.18. The van der Waals surface area contributed by atoms with Crippen molar-refractivity contribution in [3.8, 4) is 5.69 Å². The summed E-state index contributed by atoms with van der Waals surface area (Å²) in [5, 5.41) is 17.4. The summed E-state index contributed by atoms with van der Waals surface area (Å²) < 4.78 is 6.85. The van der Waals surface area contributed by atoms with Crippen molar-refractivity contribution in [3.63, 3.8) is 0 Å². The number of ether oxygens (including phenoxy) is 1. The van der Waals surface area contributed by atoms with Crippen molar-refractivity contribution < 1.29 is 9.53 Å². The summed E-state index contributed by atoms with van der Waals surface area (Å²) in [5.74, 6) is -0.00489. The van der Waals surface area contributed by atoms with Gasteiger partial charge in [-0.25, -0.2) is 4.68 Å². The van der Waals surface area contributed by atoms with E-state index in [0.717, 1.165) is 37.3 Å². The van der Waals surface area contributed by atoms with Crippen molar-refractivity contribution in [1.29, 1.82) is 0 Å². The number of benzene rings is 1. The van der Waals surface area contributed by atoms with Crippen LogP contribution in [0.15, 0.2) is 30.6 Å². The summed E-state index contributed by atoms with van der Waals surface area (Å²) in [7, 11) is 1.63. The first-order valence-electron chi connectivity index (χ1n) is 7.58. The molecule has 1 aromatic heterocycles. The van der Waals surface area contributed by atoms with Crippen LogP contribution in [0.1, 0.15) is 12.8 Å². The first-order valence-corrected chi connectivity index (χ1v) is 7.58. The predicted molar refractivity (Wildman–Crippen MR) is 91.4 cm³/mol. The number of nitrogens with one attached hydrogen (secondary N) is 2. The van der Waals surface area contributed by atoms with Gasteiger partial charge < -0.3 is 15.4 Å². The Hall–Kier alpha value is -2.03. The lowest BCUT2D eigenvalue weighted by Gasteiger charge is -2.35. The second kappa shape index (κ2) is 8.18. The number of tetrazole rings is 1. The molecule has 0 saturated carbocycles. The summed E-state index contributed by atoms with van der Waals surface area (Å²) in [6.07, 6.45) is 3.04. The van der Waals surface area contributed by atoms with Crippen LogP contribution in [0.5, 0.6) is 0 Å². The Morgan fingerprint density at radius 3 is 2.88 bits per heavy atom. The van der Waals surface area contributed by atoms with Crippen LogP contribution >= 0.6 is 12.4 Å². The van der Waals surface area contributed by atoms with Crippen molar-refractivity contribution in [2.45, 2.75) is 12.8 Å². The second-order valence-corrected chi connectivity index (χ2v) is 5.72. The molecule has 2 aromatic rings. The number of hydrogen-bond acceptors (Lipinski definition) is 6. The van der Waals surface area contributed by atoms with Gasteiger partial charge in [0.2, 0.25) is 5.91 Å². The number of piperidine rings is 1. The summed E-state index contributed by atoms with van der Waals surface area (Å²) in [6.45, 7) is 2.07. The lowest BCUT2D eigenvalue weighted by Crippen LogP contribution is -2.47. The second-order valence-electron chi connectivity index (χ2n) is 5.72. The van der Waals surface area contributed by atoms with Crippen LogP contribution in [0.3, 0.4) is 0 Å². The van der Waals surface area contributed by atoms with E-state index in [4.69, 9.17) is 4.74 Å².